The summed E-state index contributed by atoms with van der Waals surface area (Å²) in [6.07, 6.45) is 2.71. The zero-order valence-corrected chi connectivity index (χ0v) is 12.2. The first-order valence-electron chi connectivity index (χ1n) is 6.73. The summed E-state index contributed by atoms with van der Waals surface area (Å²) in [5.74, 6) is 3.33. The molecule has 0 heterocycles. The first-order valence-corrected chi connectivity index (χ1v) is 6.73. The van der Waals surface area contributed by atoms with Crippen LogP contribution in [0, 0.1) is 29.1 Å². The van der Waals surface area contributed by atoms with E-state index in [9.17, 15) is 0 Å². The van der Waals surface area contributed by atoms with Crippen LogP contribution in [0.25, 0.3) is 0 Å². The molecule has 2 atom stereocenters. The van der Waals surface area contributed by atoms with Crippen LogP contribution in [0.4, 0.5) is 0 Å². The second-order valence-electron chi connectivity index (χ2n) is 6.54. The Morgan fingerprint density at radius 1 is 0.933 bits per heavy atom. The lowest BCUT2D eigenvalue weighted by molar-refractivity contribution is 0.103. The van der Waals surface area contributed by atoms with Crippen molar-refractivity contribution in [3.63, 3.8) is 0 Å². The van der Waals surface area contributed by atoms with Crippen LogP contribution in [-0.4, -0.2) is 0 Å². The van der Waals surface area contributed by atoms with Crippen molar-refractivity contribution >= 4 is 0 Å². The quantitative estimate of drug-likeness (QED) is 0.554. The van der Waals surface area contributed by atoms with Crippen LogP contribution >= 0.6 is 0 Å². The SMILES string of the molecule is CCC(CC(C)C(C)C)C(C)(C)C(C)C. The maximum absolute atomic E-state index is 2.44. The molecule has 0 fully saturated rings. The predicted octanol–water partition coefficient (Wildman–Crippen LogP) is 5.38. The molecule has 0 heteroatoms. The van der Waals surface area contributed by atoms with Gasteiger partial charge in [0.25, 0.3) is 0 Å². The largest absolute Gasteiger partial charge is 0.0651 e. The summed E-state index contributed by atoms with van der Waals surface area (Å²) in [5.41, 5.74) is 0.484. The van der Waals surface area contributed by atoms with Crippen molar-refractivity contribution < 1.29 is 0 Å². The Balaban J connectivity index is 4.49. The average Bonchev–Trinajstić information content (AvgIpc) is 2.12. The fraction of sp³-hybridized carbons (Fsp3) is 1.00. The molecule has 0 aromatic rings. The minimum absolute atomic E-state index is 0.484. The molecule has 0 spiro atoms. The molecule has 0 saturated heterocycles. The zero-order valence-electron chi connectivity index (χ0n) is 12.2. The van der Waals surface area contributed by atoms with E-state index in [1.807, 2.05) is 0 Å². The molecule has 0 nitrogen and oxygen atoms in total. The van der Waals surface area contributed by atoms with Gasteiger partial charge in [-0.3, -0.25) is 0 Å². The molecule has 2 unspecified atom stereocenters. The summed E-state index contributed by atoms with van der Waals surface area (Å²) in [4.78, 5) is 0. The van der Waals surface area contributed by atoms with Gasteiger partial charge in [0.1, 0.15) is 0 Å². The average molecular weight is 212 g/mol. The molecule has 0 saturated carbocycles. The van der Waals surface area contributed by atoms with Crippen molar-refractivity contribution in [3.05, 3.63) is 0 Å². The van der Waals surface area contributed by atoms with Gasteiger partial charge in [-0.25, -0.2) is 0 Å². The van der Waals surface area contributed by atoms with Crippen molar-refractivity contribution in [2.24, 2.45) is 29.1 Å². The highest BCUT2D eigenvalue weighted by Crippen LogP contribution is 2.41. The Morgan fingerprint density at radius 3 is 1.67 bits per heavy atom. The molecule has 0 rings (SSSR count). The van der Waals surface area contributed by atoms with Gasteiger partial charge in [0.15, 0.2) is 0 Å². The molecule has 0 aliphatic rings. The van der Waals surface area contributed by atoms with Gasteiger partial charge < -0.3 is 0 Å². The van der Waals surface area contributed by atoms with Gasteiger partial charge in [-0.2, -0.15) is 0 Å². The second kappa shape index (κ2) is 5.92. The normalized spacial score (nSPS) is 17.2. The van der Waals surface area contributed by atoms with Crippen molar-refractivity contribution in [2.75, 3.05) is 0 Å². The van der Waals surface area contributed by atoms with E-state index in [4.69, 9.17) is 0 Å². The molecular weight excluding hydrogens is 180 g/mol. The first kappa shape index (κ1) is 15.0. The molecule has 92 valence electrons. The van der Waals surface area contributed by atoms with E-state index in [0.29, 0.717) is 5.41 Å². The van der Waals surface area contributed by atoms with E-state index < -0.39 is 0 Å². The van der Waals surface area contributed by atoms with E-state index in [1.165, 1.54) is 12.8 Å². The molecule has 0 aliphatic heterocycles. The van der Waals surface area contributed by atoms with Crippen molar-refractivity contribution in [3.8, 4) is 0 Å². The Kier molecular flexibility index (Phi) is 5.92. The van der Waals surface area contributed by atoms with Gasteiger partial charge in [0.2, 0.25) is 0 Å². The summed E-state index contributed by atoms with van der Waals surface area (Å²) in [5, 5.41) is 0. The van der Waals surface area contributed by atoms with Crippen LogP contribution in [0.2, 0.25) is 0 Å². The Bertz CT molecular complexity index is 165. The molecule has 0 bridgehead atoms. The lowest BCUT2D eigenvalue weighted by atomic mass is 9.66. The Labute approximate surface area is 97.8 Å². The minimum atomic E-state index is 0.484. The van der Waals surface area contributed by atoms with Crippen molar-refractivity contribution in [2.45, 2.75) is 68.2 Å². The van der Waals surface area contributed by atoms with E-state index >= 15 is 0 Å². The van der Waals surface area contributed by atoms with Gasteiger partial charge >= 0.3 is 0 Å². The van der Waals surface area contributed by atoms with Gasteiger partial charge in [-0.1, -0.05) is 61.8 Å². The van der Waals surface area contributed by atoms with Crippen molar-refractivity contribution in [1.82, 2.24) is 0 Å². The van der Waals surface area contributed by atoms with Gasteiger partial charge in [0, 0.05) is 0 Å². The number of hydrogen-bond acceptors (Lipinski definition) is 0. The molecule has 0 radical (unpaired) electrons. The minimum Gasteiger partial charge on any atom is -0.0651 e. The smallest absolute Gasteiger partial charge is 0.0303 e. The molecule has 0 N–H and O–H groups in total. The second-order valence-corrected chi connectivity index (χ2v) is 6.54. The molecule has 15 heavy (non-hydrogen) atoms. The third kappa shape index (κ3) is 4.17. The third-order valence-corrected chi connectivity index (χ3v) is 4.83. The van der Waals surface area contributed by atoms with Gasteiger partial charge in [0.05, 0.1) is 0 Å². The van der Waals surface area contributed by atoms with Crippen LogP contribution < -0.4 is 0 Å². The Morgan fingerprint density at radius 2 is 1.40 bits per heavy atom. The number of hydrogen-bond donors (Lipinski definition) is 0. The summed E-state index contributed by atoms with van der Waals surface area (Å²) in [6.45, 7) is 19.1. The van der Waals surface area contributed by atoms with Crippen LogP contribution in [0.1, 0.15) is 68.2 Å². The summed E-state index contributed by atoms with van der Waals surface area (Å²) >= 11 is 0. The zero-order chi connectivity index (χ0) is 12.2. The van der Waals surface area contributed by atoms with Crippen LogP contribution in [0.15, 0.2) is 0 Å². The third-order valence-electron chi connectivity index (χ3n) is 4.83. The summed E-state index contributed by atoms with van der Waals surface area (Å²) < 4.78 is 0. The van der Waals surface area contributed by atoms with Gasteiger partial charge in [-0.15, -0.1) is 0 Å². The summed E-state index contributed by atoms with van der Waals surface area (Å²) in [7, 11) is 0. The standard InChI is InChI=1S/C15H32/c1-9-14(10-13(6)11(2)3)15(7,8)12(4)5/h11-14H,9-10H2,1-8H3. The molecule has 0 amide bonds. The fourth-order valence-corrected chi connectivity index (χ4v) is 2.19. The highest BCUT2D eigenvalue weighted by Gasteiger charge is 2.32. The Hall–Kier alpha value is 0. The topological polar surface area (TPSA) is 0 Å². The predicted molar refractivity (Wildman–Crippen MR) is 71.0 cm³/mol. The first-order chi connectivity index (χ1) is 6.73. The highest BCUT2D eigenvalue weighted by molar-refractivity contribution is 4.82. The monoisotopic (exact) mass is 212 g/mol. The highest BCUT2D eigenvalue weighted by atomic mass is 14.4. The lowest BCUT2D eigenvalue weighted by Crippen LogP contribution is -2.31. The fourth-order valence-electron chi connectivity index (χ4n) is 2.19. The van der Waals surface area contributed by atoms with E-state index in [0.717, 1.165) is 23.7 Å². The van der Waals surface area contributed by atoms with Crippen LogP contribution in [-0.2, 0) is 0 Å². The summed E-state index contributed by atoms with van der Waals surface area (Å²) in [6, 6.07) is 0. The lowest BCUT2D eigenvalue weighted by Gasteiger charge is -2.39. The maximum Gasteiger partial charge on any atom is -0.0303 e. The molecule has 0 aromatic heterocycles. The maximum atomic E-state index is 2.44. The van der Waals surface area contributed by atoms with Gasteiger partial charge in [-0.05, 0) is 35.5 Å². The molecular formula is C15H32. The van der Waals surface area contributed by atoms with E-state index in [-0.39, 0.29) is 0 Å². The van der Waals surface area contributed by atoms with E-state index in [2.05, 4.69) is 55.4 Å². The van der Waals surface area contributed by atoms with Crippen molar-refractivity contribution in [1.29, 1.82) is 0 Å². The van der Waals surface area contributed by atoms with Crippen LogP contribution in [0.5, 0.6) is 0 Å². The molecule has 0 aliphatic carbocycles. The molecule has 0 aromatic carbocycles. The number of rotatable bonds is 6. The van der Waals surface area contributed by atoms with E-state index in [1.54, 1.807) is 0 Å². The van der Waals surface area contributed by atoms with Crippen LogP contribution in [0.3, 0.4) is 0 Å².